The third-order valence-electron chi connectivity index (χ3n) is 5.04. The first-order chi connectivity index (χ1) is 15.1. The number of fused-ring (bicyclic) bond motifs is 2. The Labute approximate surface area is 176 Å². The first-order valence-corrected chi connectivity index (χ1v) is 9.55. The molecule has 0 atom stereocenters. The number of hydrogen-bond donors (Lipinski definition) is 1. The average Bonchev–Trinajstić information content (AvgIpc) is 3.27. The highest BCUT2D eigenvalue weighted by Crippen LogP contribution is 2.37. The highest BCUT2D eigenvalue weighted by molar-refractivity contribution is 6.06. The van der Waals surface area contributed by atoms with E-state index in [9.17, 15) is 9.59 Å². The van der Waals surface area contributed by atoms with E-state index in [2.05, 4.69) is 5.32 Å². The monoisotopic (exact) mass is 415 g/mol. The van der Waals surface area contributed by atoms with E-state index in [1.807, 2.05) is 0 Å². The fourth-order valence-corrected chi connectivity index (χ4v) is 3.46. The van der Waals surface area contributed by atoms with Crippen molar-refractivity contribution in [3.63, 3.8) is 0 Å². The molecule has 1 N–H and O–H groups in total. The number of carbonyl (C=O) groups excluding carboxylic acids is 1. The highest BCUT2D eigenvalue weighted by atomic mass is 16.7. The summed E-state index contributed by atoms with van der Waals surface area (Å²) in [5, 5.41) is 3.16. The molecular weight excluding hydrogens is 398 g/mol. The molecular formula is C24H17NO6. The van der Waals surface area contributed by atoms with Crippen molar-refractivity contribution in [2.75, 3.05) is 19.2 Å². The van der Waals surface area contributed by atoms with E-state index in [1.165, 1.54) is 0 Å². The van der Waals surface area contributed by atoms with Gasteiger partial charge in [-0.3, -0.25) is 14.9 Å². The van der Waals surface area contributed by atoms with E-state index >= 15 is 0 Å². The number of carbonyl (C=O) groups is 1. The molecule has 2 heterocycles. The molecule has 0 aliphatic carbocycles. The van der Waals surface area contributed by atoms with Gasteiger partial charge >= 0.3 is 0 Å². The lowest BCUT2D eigenvalue weighted by molar-refractivity contribution is 0.102. The SMILES string of the molecule is COc1ccc(C(=O)Nc2oc3ccccc3c(=O)c2-c2ccc3c(c2)OCO3)cc1. The summed E-state index contributed by atoms with van der Waals surface area (Å²) in [6, 6.07) is 18.7. The van der Waals surface area contributed by atoms with Crippen LogP contribution in [0.1, 0.15) is 10.4 Å². The molecule has 0 saturated carbocycles. The molecule has 1 aromatic heterocycles. The number of anilines is 1. The van der Waals surface area contributed by atoms with Gasteiger partial charge in [-0.15, -0.1) is 0 Å². The second kappa shape index (κ2) is 7.53. The van der Waals surface area contributed by atoms with Crippen molar-refractivity contribution in [1.82, 2.24) is 0 Å². The molecule has 1 amide bonds. The van der Waals surface area contributed by atoms with E-state index in [4.69, 9.17) is 18.6 Å². The lowest BCUT2D eigenvalue weighted by Crippen LogP contribution is -2.16. The van der Waals surface area contributed by atoms with Crippen molar-refractivity contribution in [2.24, 2.45) is 0 Å². The van der Waals surface area contributed by atoms with Gasteiger partial charge in [-0.05, 0) is 54.1 Å². The molecule has 31 heavy (non-hydrogen) atoms. The summed E-state index contributed by atoms with van der Waals surface area (Å²) in [6.45, 7) is 0.117. The Morgan fingerprint density at radius 3 is 2.55 bits per heavy atom. The van der Waals surface area contributed by atoms with Gasteiger partial charge in [-0.2, -0.15) is 0 Å². The van der Waals surface area contributed by atoms with Gasteiger partial charge in [-0.25, -0.2) is 0 Å². The minimum atomic E-state index is -0.414. The fourth-order valence-electron chi connectivity index (χ4n) is 3.46. The first-order valence-electron chi connectivity index (χ1n) is 9.55. The van der Waals surface area contributed by atoms with Gasteiger partial charge in [0.2, 0.25) is 18.1 Å². The van der Waals surface area contributed by atoms with Crippen molar-refractivity contribution in [2.45, 2.75) is 0 Å². The summed E-state index contributed by atoms with van der Waals surface area (Å²) >= 11 is 0. The molecule has 0 radical (unpaired) electrons. The van der Waals surface area contributed by atoms with Crippen LogP contribution < -0.4 is 25.0 Å². The molecule has 5 rings (SSSR count). The van der Waals surface area contributed by atoms with Crippen LogP contribution in [0.25, 0.3) is 22.1 Å². The summed E-state index contributed by atoms with van der Waals surface area (Å²) in [5.74, 6) is 1.40. The van der Waals surface area contributed by atoms with Gasteiger partial charge in [0, 0.05) is 5.56 Å². The number of benzene rings is 3. The predicted octanol–water partition coefficient (Wildman–Crippen LogP) is 4.45. The van der Waals surface area contributed by atoms with Crippen molar-refractivity contribution in [3.05, 3.63) is 82.5 Å². The van der Waals surface area contributed by atoms with E-state index in [-0.39, 0.29) is 23.7 Å². The molecule has 154 valence electrons. The maximum absolute atomic E-state index is 13.4. The zero-order valence-electron chi connectivity index (χ0n) is 16.5. The topological polar surface area (TPSA) is 87.0 Å². The minimum absolute atomic E-state index is 0.0587. The van der Waals surface area contributed by atoms with Crippen LogP contribution in [-0.2, 0) is 0 Å². The number of para-hydroxylation sites is 1. The van der Waals surface area contributed by atoms with Crippen LogP contribution in [0.3, 0.4) is 0 Å². The van der Waals surface area contributed by atoms with E-state index in [1.54, 1.807) is 73.8 Å². The molecule has 1 aliphatic heterocycles. The number of amides is 1. The molecule has 7 nitrogen and oxygen atoms in total. The molecule has 1 aliphatic rings. The summed E-state index contributed by atoms with van der Waals surface area (Å²) in [7, 11) is 1.55. The minimum Gasteiger partial charge on any atom is -0.497 e. The Kier molecular flexibility index (Phi) is 4.55. The Hall–Kier alpha value is -4.26. The molecule has 0 saturated heterocycles. The van der Waals surface area contributed by atoms with Gasteiger partial charge in [0.05, 0.1) is 18.1 Å². The van der Waals surface area contributed by atoms with Crippen LogP contribution in [0.4, 0.5) is 5.88 Å². The Morgan fingerprint density at radius 1 is 0.968 bits per heavy atom. The summed E-state index contributed by atoms with van der Waals surface area (Å²) in [5.41, 5.74) is 1.30. The molecule has 0 spiro atoms. The third-order valence-corrected chi connectivity index (χ3v) is 5.04. The van der Waals surface area contributed by atoms with Crippen LogP contribution >= 0.6 is 0 Å². The average molecular weight is 415 g/mol. The Balaban J connectivity index is 1.63. The lowest BCUT2D eigenvalue weighted by atomic mass is 10.0. The molecule has 0 fully saturated rings. The van der Waals surface area contributed by atoms with Gasteiger partial charge in [0.15, 0.2) is 11.5 Å². The van der Waals surface area contributed by atoms with Crippen molar-refractivity contribution in [1.29, 1.82) is 0 Å². The zero-order valence-corrected chi connectivity index (χ0v) is 16.5. The number of ether oxygens (including phenoxy) is 3. The van der Waals surface area contributed by atoms with Crippen LogP contribution in [0, 0.1) is 0 Å². The quantitative estimate of drug-likeness (QED) is 0.530. The fraction of sp³-hybridized carbons (Fsp3) is 0.0833. The van der Waals surface area contributed by atoms with Crippen LogP contribution in [0.15, 0.2) is 75.9 Å². The molecule has 4 aromatic rings. The lowest BCUT2D eigenvalue weighted by Gasteiger charge is -2.12. The highest BCUT2D eigenvalue weighted by Gasteiger charge is 2.22. The number of rotatable bonds is 4. The number of methoxy groups -OCH3 is 1. The smallest absolute Gasteiger partial charge is 0.257 e. The van der Waals surface area contributed by atoms with Crippen molar-refractivity contribution < 1.29 is 23.4 Å². The molecule has 3 aromatic carbocycles. The maximum Gasteiger partial charge on any atom is 0.257 e. The predicted molar refractivity (Wildman–Crippen MR) is 115 cm³/mol. The van der Waals surface area contributed by atoms with Crippen molar-refractivity contribution in [3.8, 4) is 28.4 Å². The van der Waals surface area contributed by atoms with Gasteiger partial charge in [0.1, 0.15) is 11.3 Å². The van der Waals surface area contributed by atoms with Gasteiger partial charge < -0.3 is 18.6 Å². The maximum atomic E-state index is 13.4. The second-order valence-corrected chi connectivity index (χ2v) is 6.88. The summed E-state index contributed by atoms with van der Waals surface area (Å²) in [6.07, 6.45) is 0. The third kappa shape index (κ3) is 3.36. The summed E-state index contributed by atoms with van der Waals surface area (Å²) in [4.78, 5) is 26.2. The van der Waals surface area contributed by atoms with Gasteiger partial charge in [-0.1, -0.05) is 18.2 Å². The standard InChI is InChI=1S/C24H17NO6/c1-28-16-9-6-14(7-10-16)23(27)25-24-21(15-8-11-19-20(12-15)30-13-29-19)22(26)17-4-2-3-5-18(17)31-24/h2-12H,13H2,1H3,(H,25,27). The van der Waals surface area contributed by atoms with E-state index in [0.29, 0.717) is 39.3 Å². The van der Waals surface area contributed by atoms with Crippen LogP contribution in [-0.4, -0.2) is 19.8 Å². The normalized spacial score (nSPS) is 12.0. The zero-order chi connectivity index (χ0) is 21.4. The number of hydrogen-bond acceptors (Lipinski definition) is 6. The second-order valence-electron chi connectivity index (χ2n) is 6.88. The summed E-state index contributed by atoms with van der Waals surface area (Å²) < 4.78 is 21.9. The Morgan fingerprint density at radius 2 is 1.74 bits per heavy atom. The van der Waals surface area contributed by atoms with Gasteiger partial charge in [0.25, 0.3) is 5.91 Å². The molecule has 7 heteroatoms. The number of nitrogens with one attached hydrogen (secondary N) is 1. The Bertz CT molecular complexity index is 1360. The first kappa shape index (κ1) is 18.7. The largest absolute Gasteiger partial charge is 0.497 e. The van der Waals surface area contributed by atoms with Crippen LogP contribution in [0.2, 0.25) is 0 Å². The van der Waals surface area contributed by atoms with E-state index < -0.39 is 5.91 Å². The van der Waals surface area contributed by atoms with Crippen molar-refractivity contribution >= 4 is 22.8 Å². The van der Waals surface area contributed by atoms with Crippen LogP contribution in [0.5, 0.6) is 17.2 Å². The molecule has 0 bridgehead atoms. The molecule has 0 unspecified atom stereocenters. The van der Waals surface area contributed by atoms with E-state index in [0.717, 1.165) is 0 Å².